The SMILES string of the molecule is Fc1ccc(-n2cnc3ccc(-c4c[nH]c5ncc(-c6cccc(OC(F)(F)F)c6)cc45)cc32)cc1. The second-order valence-corrected chi connectivity index (χ2v) is 8.19. The Kier molecular flexibility index (Phi) is 4.99. The molecule has 36 heavy (non-hydrogen) atoms. The highest BCUT2D eigenvalue weighted by Gasteiger charge is 2.31. The Morgan fingerprint density at radius 3 is 2.47 bits per heavy atom. The molecule has 0 aliphatic heterocycles. The first kappa shape index (κ1) is 21.8. The number of halogens is 4. The second kappa shape index (κ2) is 8.23. The van der Waals surface area contributed by atoms with E-state index in [0.29, 0.717) is 16.8 Å². The van der Waals surface area contributed by atoms with Crippen LogP contribution in [0.1, 0.15) is 0 Å². The molecule has 0 amide bonds. The lowest BCUT2D eigenvalue weighted by Gasteiger charge is -2.10. The third-order valence-corrected chi connectivity index (χ3v) is 5.90. The summed E-state index contributed by atoms with van der Waals surface area (Å²) in [4.78, 5) is 12.1. The second-order valence-electron chi connectivity index (χ2n) is 8.19. The molecule has 0 saturated carbocycles. The van der Waals surface area contributed by atoms with E-state index in [1.165, 1.54) is 30.3 Å². The van der Waals surface area contributed by atoms with Gasteiger partial charge in [-0.1, -0.05) is 18.2 Å². The number of hydrogen-bond donors (Lipinski definition) is 1. The van der Waals surface area contributed by atoms with Gasteiger partial charge in [0.25, 0.3) is 0 Å². The zero-order valence-electron chi connectivity index (χ0n) is 18.4. The highest BCUT2D eigenvalue weighted by Crippen LogP contribution is 2.34. The number of hydrogen-bond acceptors (Lipinski definition) is 3. The van der Waals surface area contributed by atoms with Crippen molar-refractivity contribution < 1.29 is 22.3 Å². The van der Waals surface area contributed by atoms with Gasteiger partial charge in [-0.05, 0) is 65.7 Å². The van der Waals surface area contributed by atoms with Crippen LogP contribution in [0, 0.1) is 5.82 Å². The number of fused-ring (bicyclic) bond motifs is 2. The summed E-state index contributed by atoms with van der Waals surface area (Å²) in [6.07, 6.45) is 0.354. The number of imidazole rings is 1. The van der Waals surface area contributed by atoms with Gasteiger partial charge < -0.3 is 9.72 Å². The van der Waals surface area contributed by atoms with Crippen molar-refractivity contribution in [2.24, 2.45) is 0 Å². The first-order valence-corrected chi connectivity index (χ1v) is 10.9. The lowest BCUT2D eigenvalue weighted by molar-refractivity contribution is -0.274. The number of nitrogens with zero attached hydrogens (tertiary/aromatic N) is 3. The Balaban J connectivity index is 1.43. The fourth-order valence-corrected chi connectivity index (χ4v) is 4.26. The van der Waals surface area contributed by atoms with Crippen molar-refractivity contribution in [2.75, 3.05) is 0 Å². The van der Waals surface area contributed by atoms with Crippen molar-refractivity contribution in [1.29, 1.82) is 0 Å². The van der Waals surface area contributed by atoms with Crippen molar-refractivity contribution in [3.63, 3.8) is 0 Å². The molecule has 0 spiro atoms. The Hall–Kier alpha value is -4.66. The lowest BCUT2D eigenvalue weighted by atomic mass is 10.0. The summed E-state index contributed by atoms with van der Waals surface area (Å²) < 4.78 is 57.3. The number of alkyl halides is 3. The summed E-state index contributed by atoms with van der Waals surface area (Å²) in [6.45, 7) is 0. The van der Waals surface area contributed by atoms with E-state index < -0.39 is 6.36 Å². The van der Waals surface area contributed by atoms with E-state index >= 15 is 0 Å². The van der Waals surface area contributed by atoms with E-state index in [1.54, 1.807) is 30.7 Å². The normalized spacial score (nSPS) is 11.9. The quantitative estimate of drug-likeness (QED) is 0.266. The molecule has 0 aliphatic rings. The van der Waals surface area contributed by atoms with Crippen LogP contribution in [0.15, 0.2) is 91.5 Å². The molecule has 5 nitrogen and oxygen atoms in total. The van der Waals surface area contributed by atoms with E-state index in [1.807, 2.05) is 35.0 Å². The van der Waals surface area contributed by atoms with Gasteiger partial charge in [-0.3, -0.25) is 4.57 Å². The number of aromatic nitrogens is 4. The van der Waals surface area contributed by atoms with Crippen LogP contribution < -0.4 is 4.74 Å². The molecular formula is C27H16F4N4O. The third kappa shape index (κ3) is 4.04. The molecule has 6 rings (SSSR count). The van der Waals surface area contributed by atoms with Gasteiger partial charge in [-0.25, -0.2) is 14.4 Å². The fraction of sp³-hybridized carbons (Fsp3) is 0.0370. The van der Waals surface area contributed by atoms with Gasteiger partial charge in [0.05, 0.1) is 11.0 Å². The Bertz CT molecular complexity index is 1720. The average Bonchev–Trinajstić information content (AvgIpc) is 3.47. The van der Waals surface area contributed by atoms with E-state index in [-0.39, 0.29) is 11.6 Å². The minimum Gasteiger partial charge on any atom is -0.406 e. The molecule has 0 bridgehead atoms. The lowest BCUT2D eigenvalue weighted by Crippen LogP contribution is -2.17. The van der Waals surface area contributed by atoms with Gasteiger partial charge in [-0.2, -0.15) is 0 Å². The standard InChI is InChI=1S/C27H16F4N4O/c28-19-5-7-20(8-6-19)35-15-34-24-9-4-17(12-25(24)35)23-14-33-26-22(23)11-18(13-32-26)16-2-1-3-21(10-16)36-27(29,30)31/h1-15H,(H,32,33). The van der Waals surface area contributed by atoms with Gasteiger partial charge in [0.2, 0.25) is 0 Å². The van der Waals surface area contributed by atoms with Crippen molar-refractivity contribution in [1.82, 2.24) is 19.5 Å². The molecule has 0 radical (unpaired) electrons. The molecule has 3 aromatic carbocycles. The number of benzene rings is 3. The summed E-state index contributed by atoms with van der Waals surface area (Å²) in [5.41, 5.74) is 6.00. The summed E-state index contributed by atoms with van der Waals surface area (Å²) in [7, 11) is 0. The topological polar surface area (TPSA) is 55.7 Å². The van der Waals surface area contributed by atoms with Gasteiger partial charge in [0, 0.05) is 34.6 Å². The van der Waals surface area contributed by atoms with Crippen LogP contribution in [-0.2, 0) is 0 Å². The maximum atomic E-state index is 13.4. The highest BCUT2D eigenvalue weighted by molar-refractivity contribution is 5.97. The van der Waals surface area contributed by atoms with E-state index in [0.717, 1.165) is 33.2 Å². The average molecular weight is 488 g/mol. The summed E-state index contributed by atoms with van der Waals surface area (Å²) in [6, 6.07) is 19.6. The maximum Gasteiger partial charge on any atom is 0.573 e. The van der Waals surface area contributed by atoms with Crippen LogP contribution in [0.25, 0.3) is 50.0 Å². The number of ether oxygens (including phenoxy) is 1. The molecule has 0 atom stereocenters. The molecule has 0 fully saturated rings. The molecule has 178 valence electrons. The Morgan fingerprint density at radius 1 is 0.833 bits per heavy atom. The van der Waals surface area contributed by atoms with E-state index in [2.05, 4.69) is 19.7 Å². The van der Waals surface area contributed by atoms with Gasteiger partial charge in [0.1, 0.15) is 23.5 Å². The Morgan fingerprint density at radius 2 is 1.67 bits per heavy atom. The van der Waals surface area contributed by atoms with Gasteiger partial charge in [0.15, 0.2) is 0 Å². The third-order valence-electron chi connectivity index (χ3n) is 5.90. The molecule has 3 aromatic heterocycles. The molecule has 1 N–H and O–H groups in total. The smallest absolute Gasteiger partial charge is 0.406 e. The molecule has 3 heterocycles. The predicted molar refractivity (Wildman–Crippen MR) is 128 cm³/mol. The van der Waals surface area contributed by atoms with Crippen LogP contribution in [-0.4, -0.2) is 25.9 Å². The van der Waals surface area contributed by atoms with E-state index in [4.69, 9.17) is 0 Å². The van der Waals surface area contributed by atoms with Crippen molar-refractivity contribution in [2.45, 2.75) is 6.36 Å². The number of nitrogens with one attached hydrogen (secondary N) is 1. The number of H-pyrrole nitrogens is 1. The molecular weight excluding hydrogens is 472 g/mol. The van der Waals surface area contributed by atoms with Crippen LogP contribution >= 0.6 is 0 Å². The molecule has 0 aliphatic carbocycles. The zero-order valence-corrected chi connectivity index (χ0v) is 18.4. The minimum atomic E-state index is -4.77. The predicted octanol–water partition coefficient (Wildman–Crippen LogP) is 7.27. The first-order valence-electron chi connectivity index (χ1n) is 10.9. The van der Waals surface area contributed by atoms with Crippen molar-refractivity contribution in [3.05, 3.63) is 97.3 Å². The zero-order chi connectivity index (χ0) is 24.9. The first-order chi connectivity index (χ1) is 17.3. The van der Waals surface area contributed by atoms with Crippen molar-refractivity contribution in [3.8, 4) is 33.7 Å². The van der Waals surface area contributed by atoms with Gasteiger partial charge >= 0.3 is 6.36 Å². The summed E-state index contributed by atoms with van der Waals surface area (Å²) in [5.74, 6) is -0.615. The Labute approximate surface area is 201 Å². The fourth-order valence-electron chi connectivity index (χ4n) is 4.26. The van der Waals surface area contributed by atoms with Crippen molar-refractivity contribution >= 4 is 22.1 Å². The summed E-state index contributed by atoms with van der Waals surface area (Å²) in [5, 5.41) is 0.807. The minimum absolute atomic E-state index is 0.297. The number of rotatable bonds is 4. The molecule has 0 unspecified atom stereocenters. The molecule has 6 aromatic rings. The van der Waals surface area contributed by atoms with Crippen LogP contribution in [0.4, 0.5) is 17.6 Å². The van der Waals surface area contributed by atoms with Crippen LogP contribution in [0.5, 0.6) is 5.75 Å². The summed E-state index contributed by atoms with van der Waals surface area (Å²) >= 11 is 0. The highest BCUT2D eigenvalue weighted by atomic mass is 19.4. The maximum absolute atomic E-state index is 13.4. The van der Waals surface area contributed by atoms with Crippen LogP contribution in [0.3, 0.4) is 0 Å². The van der Waals surface area contributed by atoms with Gasteiger partial charge in [-0.15, -0.1) is 13.2 Å². The van der Waals surface area contributed by atoms with Crippen LogP contribution in [0.2, 0.25) is 0 Å². The monoisotopic (exact) mass is 488 g/mol. The molecule has 9 heteroatoms. The largest absolute Gasteiger partial charge is 0.573 e. The molecule has 0 saturated heterocycles. The van der Waals surface area contributed by atoms with E-state index in [9.17, 15) is 17.6 Å². The number of aromatic amines is 1. The number of pyridine rings is 1.